The lowest BCUT2D eigenvalue weighted by atomic mass is 9.89. The average molecular weight is 636 g/mol. The zero-order valence-electron chi connectivity index (χ0n) is 33.4. The first-order valence-corrected chi connectivity index (χ1v) is 21.2. The van der Waals surface area contributed by atoms with Crippen molar-refractivity contribution >= 4 is 0 Å². The molecular formula is C44H93N. The molecule has 0 aromatic carbocycles. The van der Waals surface area contributed by atoms with Crippen molar-refractivity contribution in [3.8, 4) is 0 Å². The molecule has 0 spiro atoms. The fourth-order valence-electron chi connectivity index (χ4n) is 6.65. The van der Waals surface area contributed by atoms with Crippen LogP contribution in [0.5, 0.6) is 0 Å². The first-order chi connectivity index (χ1) is 22.0. The van der Waals surface area contributed by atoms with Gasteiger partial charge in [-0.3, -0.25) is 0 Å². The highest BCUT2D eigenvalue weighted by molar-refractivity contribution is 4.62. The van der Waals surface area contributed by atoms with Gasteiger partial charge in [0.2, 0.25) is 0 Å². The highest BCUT2D eigenvalue weighted by Gasteiger charge is 2.09. The molecule has 0 aromatic heterocycles. The van der Waals surface area contributed by atoms with Crippen molar-refractivity contribution in [2.45, 2.75) is 241 Å². The first-order valence-electron chi connectivity index (χ1n) is 21.2. The highest BCUT2D eigenvalue weighted by Crippen LogP contribution is 2.25. The molecule has 45 heavy (non-hydrogen) atoms. The summed E-state index contributed by atoms with van der Waals surface area (Å²) in [7, 11) is 2.30. The number of hydrogen-bond acceptors (Lipinski definition) is 1. The van der Waals surface area contributed by atoms with Crippen molar-refractivity contribution in [1.29, 1.82) is 0 Å². The Kier molecular flexibility index (Phi) is 50.0. The van der Waals surface area contributed by atoms with Gasteiger partial charge in [0.05, 0.1) is 0 Å². The molecule has 0 aliphatic carbocycles. The van der Waals surface area contributed by atoms with Crippen molar-refractivity contribution in [2.24, 2.45) is 11.8 Å². The van der Waals surface area contributed by atoms with Crippen LogP contribution in [0.2, 0.25) is 0 Å². The second kappa shape index (κ2) is 45.8. The number of hydrogen-bond donors (Lipinski definition) is 0. The summed E-state index contributed by atoms with van der Waals surface area (Å²) in [6.07, 6.45) is 44.9. The zero-order valence-corrected chi connectivity index (χ0v) is 33.4. The molecule has 0 bridgehead atoms. The van der Waals surface area contributed by atoms with E-state index in [4.69, 9.17) is 0 Å². The molecule has 1 nitrogen and oxygen atoms in total. The summed E-state index contributed by atoms with van der Waals surface area (Å²) < 4.78 is 0. The molecule has 1 unspecified atom stereocenters. The molecule has 0 saturated heterocycles. The molecule has 0 rings (SSSR count). The quantitative estimate of drug-likeness (QED) is 0.0502. The third kappa shape index (κ3) is 45.9. The van der Waals surface area contributed by atoms with Crippen molar-refractivity contribution in [3.05, 3.63) is 13.2 Å². The Morgan fingerprint density at radius 2 is 0.667 bits per heavy atom. The van der Waals surface area contributed by atoms with E-state index in [9.17, 15) is 0 Å². The zero-order chi connectivity index (χ0) is 34.1. The Morgan fingerprint density at radius 3 is 1.04 bits per heavy atom. The lowest BCUT2D eigenvalue weighted by molar-refractivity contribution is 0.317. The van der Waals surface area contributed by atoms with Gasteiger partial charge in [-0.05, 0) is 44.8 Å². The van der Waals surface area contributed by atoms with Crippen LogP contribution >= 0.6 is 0 Å². The van der Waals surface area contributed by atoms with Gasteiger partial charge in [-0.25, -0.2) is 0 Å². The minimum atomic E-state index is 0.969. The maximum absolute atomic E-state index is 3.00. The summed E-state index contributed by atoms with van der Waals surface area (Å²) in [4.78, 5) is 2.53. The molecule has 0 heterocycles. The van der Waals surface area contributed by atoms with Crippen LogP contribution < -0.4 is 0 Å². The largest absolute Gasteiger partial charge is 0.306 e. The van der Waals surface area contributed by atoms with E-state index in [0.717, 1.165) is 11.8 Å². The molecule has 0 radical (unpaired) electrons. The normalized spacial score (nSPS) is 11.8. The van der Waals surface area contributed by atoms with Crippen LogP contribution in [0.1, 0.15) is 241 Å². The molecular weight excluding hydrogens is 542 g/mol. The molecule has 0 aromatic rings. The molecule has 0 saturated carbocycles. The van der Waals surface area contributed by atoms with Gasteiger partial charge in [0.25, 0.3) is 0 Å². The fraction of sp³-hybridized carbons (Fsp3) is 0.955. The molecule has 0 N–H and O–H groups in total. The van der Waals surface area contributed by atoms with E-state index in [1.54, 1.807) is 0 Å². The van der Waals surface area contributed by atoms with E-state index in [2.05, 4.69) is 66.6 Å². The molecule has 274 valence electrons. The van der Waals surface area contributed by atoms with Crippen molar-refractivity contribution < 1.29 is 0 Å². The molecule has 0 aliphatic rings. The van der Waals surface area contributed by atoms with E-state index >= 15 is 0 Å². The van der Waals surface area contributed by atoms with Crippen molar-refractivity contribution in [1.82, 2.24) is 4.90 Å². The van der Waals surface area contributed by atoms with Crippen LogP contribution in [0, 0.1) is 11.8 Å². The van der Waals surface area contributed by atoms with Gasteiger partial charge in [-0.15, -0.1) is 13.2 Å². The molecule has 1 heteroatoms. The Labute approximate surface area is 290 Å². The summed E-state index contributed by atoms with van der Waals surface area (Å²) in [5.41, 5.74) is 0. The minimum absolute atomic E-state index is 0.969. The molecule has 0 aliphatic heterocycles. The van der Waals surface area contributed by atoms with Gasteiger partial charge < -0.3 is 4.90 Å². The Morgan fingerprint density at radius 1 is 0.356 bits per heavy atom. The Hall–Kier alpha value is -0.300. The summed E-state index contributed by atoms with van der Waals surface area (Å²) in [5.74, 6) is 2.00. The van der Waals surface area contributed by atoms with Crippen molar-refractivity contribution in [3.63, 3.8) is 0 Å². The third-order valence-electron chi connectivity index (χ3n) is 9.81. The molecule has 0 amide bonds. The maximum Gasteiger partial charge on any atom is -0.00218 e. The lowest BCUT2D eigenvalue weighted by Gasteiger charge is -2.17. The number of unbranched alkanes of at least 4 members (excludes halogenated alkanes) is 20. The van der Waals surface area contributed by atoms with Crippen LogP contribution in [-0.2, 0) is 0 Å². The monoisotopic (exact) mass is 636 g/mol. The average Bonchev–Trinajstić information content (AvgIpc) is 3.05. The minimum Gasteiger partial charge on any atom is -0.306 e. The van der Waals surface area contributed by atoms with Gasteiger partial charge >= 0.3 is 0 Å². The Bertz CT molecular complexity index is 458. The van der Waals surface area contributed by atoms with Crippen molar-refractivity contribution in [2.75, 3.05) is 20.1 Å². The summed E-state index contributed by atoms with van der Waals surface area (Å²) in [5, 5.41) is 0. The summed E-state index contributed by atoms with van der Waals surface area (Å²) in [6, 6.07) is 0. The second-order valence-corrected chi connectivity index (χ2v) is 14.6. The predicted molar refractivity (Wildman–Crippen MR) is 213 cm³/mol. The smallest absolute Gasteiger partial charge is 0.00218 e. The maximum atomic E-state index is 3.00. The second-order valence-electron chi connectivity index (χ2n) is 14.6. The van der Waals surface area contributed by atoms with Crippen LogP contribution in [0.15, 0.2) is 13.2 Å². The van der Waals surface area contributed by atoms with Gasteiger partial charge in [-0.1, -0.05) is 228 Å². The van der Waals surface area contributed by atoms with Crippen LogP contribution in [0.25, 0.3) is 0 Å². The fourth-order valence-corrected chi connectivity index (χ4v) is 6.65. The van der Waals surface area contributed by atoms with Gasteiger partial charge in [0.15, 0.2) is 0 Å². The third-order valence-corrected chi connectivity index (χ3v) is 9.81. The van der Waals surface area contributed by atoms with Gasteiger partial charge in [-0.2, -0.15) is 0 Å². The summed E-state index contributed by atoms with van der Waals surface area (Å²) in [6.45, 7) is 22.5. The van der Waals surface area contributed by atoms with Crippen LogP contribution in [0.4, 0.5) is 0 Å². The molecule has 1 atom stereocenters. The summed E-state index contributed by atoms with van der Waals surface area (Å²) >= 11 is 0. The number of nitrogens with zero attached hydrogens (tertiary/aromatic N) is 1. The van der Waals surface area contributed by atoms with E-state index < -0.39 is 0 Å². The van der Waals surface area contributed by atoms with Gasteiger partial charge in [0, 0.05) is 0 Å². The SMILES string of the molecule is C=C.CCCCCCCCC(C)CCC.CCCCCCCCC(CCCCCCCC)CCCCCCCN(C)CCCC. The predicted octanol–water partition coefficient (Wildman–Crippen LogP) is 16.2. The highest BCUT2D eigenvalue weighted by atomic mass is 15.1. The topological polar surface area (TPSA) is 3.24 Å². The van der Waals surface area contributed by atoms with Crippen LogP contribution in [0.3, 0.4) is 0 Å². The standard InChI is InChI=1S/C29H61N.C13H28.C2H4/c1-5-8-11-13-16-20-24-29(25-21-17-14-12-9-6-2)26-22-18-15-19-23-28-30(4)27-10-7-3;1-4-6-7-8-9-10-12-13(3)11-5-2;1-2/h29H,5-28H2,1-4H3;13H,4-12H2,1-3H3;1-2H2. The van der Waals surface area contributed by atoms with Gasteiger partial charge in [0.1, 0.15) is 0 Å². The van der Waals surface area contributed by atoms with E-state index in [-0.39, 0.29) is 0 Å². The van der Waals surface area contributed by atoms with E-state index in [0.29, 0.717) is 0 Å². The molecule has 0 fully saturated rings. The van der Waals surface area contributed by atoms with E-state index in [1.807, 2.05) is 0 Å². The van der Waals surface area contributed by atoms with Crippen LogP contribution in [-0.4, -0.2) is 25.0 Å². The number of rotatable bonds is 34. The lowest BCUT2D eigenvalue weighted by Crippen LogP contribution is -2.20. The Balaban J connectivity index is -0.000000979. The first kappa shape index (κ1) is 49.1. The van der Waals surface area contributed by atoms with E-state index in [1.165, 1.54) is 212 Å².